The fourth-order valence-electron chi connectivity index (χ4n) is 1.94. The van der Waals surface area contributed by atoms with Crippen molar-refractivity contribution < 1.29 is 4.42 Å². The van der Waals surface area contributed by atoms with Gasteiger partial charge in [-0.15, -0.1) is 10.2 Å². The predicted molar refractivity (Wildman–Crippen MR) is 72.6 cm³/mol. The van der Waals surface area contributed by atoms with Gasteiger partial charge in [-0.1, -0.05) is 0 Å². The minimum Gasteiger partial charge on any atom is -0.424 e. The number of pyridine rings is 1. The van der Waals surface area contributed by atoms with Crippen LogP contribution in [0.15, 0.2) is 22.7 Å². The van der Waals surface area contributed by atoms with Gasteiger partial charge in [0, 0.05) is 31.3 Å². The molecule has 0 aliphatic carbocycles. The summed E-state index contributed by atoms with van der Waals surface area (Å²) in [7, 11) is 2.06. The smallest absolute Gasteiger partial charge is 0.230 e. The van der Waals surface area contributed by atoms with E-state index >= 15 is 0 Å². The quantitative estimate of drug-likeness (QED) is 0.824. The van der Waals surface area contributed by atoms with Crippen molar-refractivity contribution in [2.45, 2.75) is 39.8 Å². The minimum atomic E-state index is 0.363. The summed E-state index contributed by atoms with van der Waals surface area (Å²) in [5.74, 6) is 1.26. The largest absolute Gasteiger partial charge is 0.424 e. The summed E-state index contributed by atoms with van der Waals surface area (Å²) in [4.78, 5) is 6.59. The summed E-state index contributed by atoms with van der Waals surface area (Å²) >= 11 is 0. The van der Waals surface area contributed by atoms with Crippen molar-refractivity contribution in [3.05, 3.63) is 41.4 Å². The topological polar surface area (TPSA) is 55.1 Å². The molecule has 2 aromatic heterocycles. The number of aromatic nitrogens is 3. The molecule has 0 saturated carbocycles. The highest BCUT2D eigenvalue weighted by Gasteiger charge is 2.14. The molecule has 0 aromatic carbocycles. The van der Waals surface area contributed by atoms with E-state index in [2.05, 4.69) is 47.0 Å². The Morgan fingerprint density at radius 3 is 2.74 bits per heavy atom. The van der Waals surface area contributed by atoms with Crippen LogP contribution in [0.4, 0.5) is 0 Å². The van der Waals surface area contributed by atoms with Crippen molar-refractivity contribution in [3.8, 4) is 0 Å². The van der Waals surface area contributed by atoms with Crippen LogP contribution in [0.5, 0.6) is 0 Å². The maximum Gasteiger partial charge on any atom is 0.230 e. The van der Waals surface area contributed by atoms with Crippen LogP contribution in [0.1, 0.15) is 30.0 Å². The van der Waals surface area contributed by atoms with Crippen LogP contribution >= 0.6 is 0 Å². The Labute approximate surface area is 113 Å². The number of likely N-dealkylation sites (N-methyl/N-ethyl adjacent to an activating group) is 1. The second-order valence-electron chi connectivity index (χ2n) is 5.01. The fraction of sp³-hybridized carbons (Fsp3) is 0.500. The van der Waals surface area contributed by atoms with Gasteiger partial charge in [0.05, 0.1) is 6.54 Å². The zero-order valence-electron chi connectivity index (χ0n) is 11.9. The van der Waals surface area contributed by atoms with Crippen LogP contribution in [0.2, 0.25) is 0 Å². The third-order valence-electron chi connectivity index (χ3n) is 3.18. The summed E-state index contributed by atoms with van der Waals surface area (Å²) in [6.45, 7) is 6.72. The molecule has 2 heterocycles. The van der Waals surface area contributed by atoms with E-state index in [1.807, 2.05) is 12.3 Å². The molecule has 0 radical (unpaired) electrons. The second-order valence-corrected chi connectivity index (χ2v) is 5.01. The predicted octanol–water partition coefficient (Wildman–Crippen LogP) is 2.14. The highest BCUT2D eigenvalue weighted by Crippen LogP contribution is 2.10. The lowest BCUT2D eigenvalue weighted by Gasteiger charge is -2.22. The summed E-state index contributed by atoms with van der Waals surface area (Å²) in [6.07, 6.45) is 2.77. The number of hydrogen-bond acceptors (Lipinski definition) is 5. The first-order valence-corrected chi connectivity index (χ1v) is 6.45. The molecule has 0 aliphatic heterocycles. The summed E-state index contributed by atoms with van der Waals surface area (Å²) in [6, 6.07) is 4.50. The highest BCUT2D eigenvalue weighted by molar-refractivity contribution is 5.15. The zero-order chi connectivity index (χ0) is 13.8. The molecule has 102 valence electrons. The van der Waals surface area contributed by atoms with Gasteiger partial charge in [0.15, 0.2) is 0 Å². The van der Waals surface area contributed by atoms with E-state index in [0.717, 1.165) is 12.1 Å². The Balaban J connectivity index is 1.93. The number of nitrogens with zero attached hydrogens (tertiary/aromatic N) is 4. The lowest BCUT2D eigenvalue weighted by atomic mass is 10.1. The number of rotatable bonds is 5. The third kappa shape index (κ3) is 3.86. The van der Waals surface area contributed by atoms with E-state index in [1.54, 1.807) is 6.92 Å². The Morgan fingerprint density at radius 2 is 2.11 bits per heavy atom. The minimum absolute atomic E-state index is 0.363. The molecule has 0 N–H and O–H groups in total. The van der Waals surface area contributed by atoms with Gasteiger partial charge in [0.1, 0.15) is 0 Å². The molecule has 0 saturated heterocycles. The van der Waals surface area contributed by atoms with E-state index in [9.17, 15) is 0 Å². The monoisotopic (exact) mass is 260 g/mol. The van der Waals surface area contributed by atoms with Crippen LogP contribution < -0.4 is 0 Å². The van der Waals surface area contributed by atoms with Gasteiger partial charge in [-0.25, -0.2) is 0 Å². The molecule has 5 heteroatoms. The average molecular weight is 260 g/mol. The molecular formula is C14H20N4O. The van der Waals surface area contributed by atoms with Crippen molar-refractivity contribution in [2.24, 2.45) is 0 Å². The van der Waals surface area contributed by atoms with Crippen LogP contribution in [-0.4, -0.2) is 33.2 Å². The fourth-order valence-corrected chi connectivity index (χ4v) is 1.94. The number of aryl methyl sites for hydroxylation is 2. The summed E-state index contributed by atoms with van der Waals surface area (Å²) in [5.41, 5.74) is 2.36. The Kier molecular flexibility index (Phi) is 4.27. The molecule has 5 nitrogen and oxygen atoms in total. The van der Waals surface area contributed by atoms with Gasteiger partial charge in [-0.3, -0.25) is 9.88 Å². The van der Waals surface area contributed by atoms with E-state index in [-0.39, 0.29) is 0 Å². The standard InChI is InChI=1S/C14H20N4O/c1-10-5-6-15-13(7-10)8-11(2)18(4)9-14-17-16-12(3)19-14/h5-7,11H,8-9H2,1-4H3/t11-/m1/s1. The maximum atomic E-state index is 5.39. The first-order valence-electron chi connectivity index (χ1n) is 6.45. The Bertz CT molecular complexity index is 538. The van der Waals surface area contributed by atoms with E-state index in [0.29, 0.717) is 24.4 Å². The summed E-state index contributed by atoms with van der Waals surface area (Å²) < 4.78 is 5.39. The first-order chi connectivity index (χ1) is 9.04. The lowest BCUT2D eigenvalue weighted by molar-refractivity contribution is 0.222. The molecule has 0 bridgehead atoms. The maximum absolute atomic E-state index is 5.39. The number of hydrogen-bond donors (Lipinski definition) is 0. The Hall–Kier alpha value is -1.75. The van der Waals surface area contributed by atoms with Crippen molar-refractivity contribution in [1.82, 2.24) is 20.1 Å². The van der Waals surface area contributed by atoms with Gasteiger partial charge in [-0.05, 0) is 38.6 Å². The van der Waals surface area contributed by atoms with Gasteiger partial charge in [0.2, 0.25) is 11.8 Å². The molecule has 0 aliphatic rings. The molecule has 2 rings (SSSR count). The van der Waals surface area contributed by atoms with E-state index in [1.165, 1.54) is 5.56 Å². The highest BCUT2D eigenvalue weighted by atomic mass is 16.4. The molecule has 0 spiro atoms. The van der Waals surface area contributed by atoms with Crippen molar-refractivity contribution >= 4 is 0 Å². The third-order valence-corrected chi connectivity index (χ3v) is 3.18. The molecule has 2 aromatic rings. The zero-order valence-corrected chi connectivity index (χ0v) is 11.9. The lowest BCUT2D eigenvalue weighted by Crippen LogP contribution is -2.30. The molecule has 0 unspecified atom stereocenters. The van der Waals surface area contributed by atoms with Gasteiger partial charge in [-0.2, -0.15) is 0 Å². The molecule has 1 atom stereocenters. The average Bonchev–Trinajstić information content (AvgIpc) is 2.74. The molecule has 0 amide bonds. The molecule has 0 fully saturated rings. The van der Waals surface area contributed by atoms with Crippen molar-refractivity contribution in [2.75, 3.05) is 7.05 Å². The first kappa shape index (κ1) is 13.7. The summed E-state index contributed by atoms with van der Waals surface area (Å²) in [5, 5.41) is 7.85. The Morgan fingerprint density at radius 1 is 1.32 bits per heavy atom. The molecule has 19 heavy (non-hydrogen) atoms. The second kappa shape index (κ2) is 5.93. The van der Waals surface area contributed by atoms with Gasteiger partial charge < -0.3 is 4.42 Å². The van der Waals surface area contributed by atoms with Crippen LogP contribution in [0.3, 0.4) is 0 Å². The van der Waals surface area contributed by atoms with Crippen LogP contribution in [0, 0.1) is 13.8 Å². The SMILES string of the molecule is Cc1ccnc(C[C@@H](C)N(C)Cc2nnc(C)o2)c1. The van der Waals surface area contributed by atoms with Crippen molar-refractivity contribution in [3.63, 3.8) is 0 Å². The molecular weight excluding hydrogens is 240 g/mol. The van der Waals surface area contributed by atoms with Crippen LogP contribution in [0.25, 0.3) is 0 Å². The van der Waals surface area contributed by atoms with E-state index in [4.69, 9.17) is 4.42 Å². The van der Waals surface area contributed by atoms with Gasteiger partial charge >= 0.3 is 0 Å². The van der Waals surface area contributed by atoms with E-state index < -0.39 is 0 Å². The normalized spacial score (nSPS) is 12.9. The van der Waals surface area contributed by atoms with Crippen molar-refractivity contribution in [1.29, 1.82) is 0 Å². The van der Waals surface area contributed by atoms with Gasteiger partial charge in [0.25, 0.3) is 0 Å². The van der Waals surface area contributed by atoms with Crippen LogP contribution in [-0.2, 0) is 13.0 Å².